The highest BCUT2D eigenvalue weighted by Gasteiger charge is 2.25. The van der Waals surface area contributed by atoms with Gasteiger partial charge in [-0.3, -0.25) is 9.59 Å². The highest BCUT2D eigenvalue weighted by Crippen LogP contribution is 2.13. The van der Waals surface area contributed by atoms with Crippen LogP contribution in [0.5, 0.6) is 0 Å². The fourth-order valence-corrected chi connectivity index (χ4v) is 1.49. The SMILES string of the molecule is CCC(C)N(CC(=O)O)C(=O)C(C)SC. The number of carboxylic acids is 1. The number of thioether (sulfide) groups is 1. The van der Waals surface area contributed by atoms with Gasteiger partial charge in [-0.25, -0.2) is 0 Å². The first-order valence-corrected chi connectivity index (χ1v) is 6.27. The maximum absolute atomic E-state index is 11.9. The van der Waals surface area contributed by atoms with Gasteiger partial charge in [0.05, 0.1) is 5.25 Å². The van der Waals surface area contributed by atoms with Crippen molar-refractivity contribution >= 4 is 23.6 Å². The van der Waals surface area contributed by atoms with Crippen LogP contribution in [-0.4, -0.2) is 46.0 Å². The van der Waals surface area contributed by atoms with Crippen LogP contribution in [0.3, 0.4) is 0 Å². The molecule has 4 nitrogen and oxygen atoms in total. The van der Waals surface area contributed by atoms with Crippen LogP contribution in [0.1, 0.15) is 27.2 Å². The lowest BCUT2D eigenvalue weighted by molar-refractivity contribution is -0.145. The Morgan fingerprint density at radius 1 is 1.40 bits per heavy atom. The van der Waals surface area contributed by atoms with E-state index in [2.05, 4.69) is 0 Å². The topological polar surface area (TPSA) is 57.6 Å². The number of carbonyl (C=O) groups excluding carboxylic acids is 1. The van der Waals surface area contributed by atoms with Crippen molar-refractivity contribution in [2.75, 3.05) is 12.8 Å². The molecule has 0 heterocycles. The average Bonchev–Trinajstić information content (AvgIpc) is 2.22. The molecule has 0 aliphatic rings. The number of amides is 1. The molecule has 0 bridgehead atoms. The summed E-state index contributed by atoms with van der Waals surface area (Å²) in [6.45, 7) is 5.40. The normalized spacial score (nSPS) is 14.4. The first-order chi connectivity index (χ1) is 6.93. The molecule has 2 atom stereocenters. The quantitative estimate of drug-likeness (QED) is 0.754. The van der Waals surface area contributed by atoms with Crippen LogP contribution in [-0.2, 0) is 9.59 Å². The van der Waals surface area contributed by atoms with Crippen LogP contribution in [0.15, 0.2) is 0 Å². The second-order valence-electron chi connectivity index (χ2n) is 3.50. The van der Waals surface area contributed by atoms with Gasteiger partial charge in [-0.1, -0.05) is 6.92 Å². The van der Waals surface area contributed by atoms with Crippen molar-refractivity contribution in [3.05, 3.63) is 0 Å². The summed E-state index contributed by atoms with van der Waals surface area (Å²) in [5.41, 5.74) is 0. The number of hydrogen-bond donors (Lipinski definition) is 1. The van der Waals surface area contributed by atoms with E-state index in [0.29, 0.717) is 0 Å². The molecule has 5 heteroatoms. The molecule has 0 aromatic rings. The predicted molar refractivity (Wildman–Crippen MR) is 62.1 cm³/mol. The first kappa shape index (κ1) is 14.3. The van der Waals surface area contributed by atoms with E-state index in [1.54, 1.807) is 6.92 Å². The summed E-state index contributed by atoms with van der Waals surface area (Å²) in [6.07, 6.45) is 2.61. The van der Waals surface area contributed by atoms with Crippen molar-refractivity contribution in [1.29, 1.82) is 0 Å². The maximum atomic E-state index is 11.9. The number of nitrogens with zero attached hydrogens (tertiary/aromatic N) is 1. The van der Waals surface area contributed by atoms with E-state index >= 15 is 0 Å². The Bertz CT molecular complexity index is 233. The zero-order valence-corrected chi connectivity index (χ0v) is 10.5. The van der Waals surface area contributed by atoms with E-state index in [9.17, 15) is 9.59 Å². The molecule has 1 amide bonds. The fraction of sp³-hybridized carbons (Fsp3) is 0.800. The Hall–Kier alpha value is -0.710. The van der Waals surface area contributed by atoms with E-state index in [0.717, 1.165) is 6.42 Å². The lowest BCUT2D eigenvalue weighted by Crippen LogP contribution is -2.45. The summed E-state index contributed by atoms with van der Waals surface area (Å²) in [5.74, 6) is -1.06. The van der Waals surface area contributed by atoms with Crippen LogP contribution in [0.4, 0.5) is 0 Å². The van der Waals surface area contributed by atoms with E-state index < -0.39 is 5.97 Å². The highest BCUT2D eigenvalue weighted by molar-refractivity contribution is 7.99. The molecule has 0 saturated heterocycles. The summed E-state index contributed by atoms with van der Waals surface area (Å²) >= 11 is 1.43. The fourth-order valence-electron chi connectivity index (χ4n) is 1.15. The van der Waals surface area contributed by atoms with Gasteiger partial charge >= 0.3 is 5.97 Å². The van der Waals surface area contributed by atoms with E-state index in [1.165, 1.54) is 16.7 Å². The number of aliphatic carboxylic acids is 1. The van der Waals surface area contributed by atoms with Gasteiger partial charge in [0.1, 0.15) is 6.54 Å². The van der Waals surface area contributed by atoms with Gasteiger partial charge in [0.2, 0.25) is 5.91 Å². The summed E-state index contributed by atoms with van der Waals surface area (Å²) in [6, 6.07) is -0.0248. The number of carbonyl (C=O) groups is 2. The van der Waals surface area contributed by atoms with Crippen LogP contribution in [0, 0.1) is 0 Å². The van der Waals surface area contributed by atoms with Gasteiger partial charge in [-0.05, 0) is 26.5 Å². The van der Waals surface area contributed by atoms with Crippen LogP contribution < -0.4 is 0 Å². The molecule has 88 valence electrons. The third-order valence-electron chi connectivity index (χ3n) is 2.41. The van der Waals surface area contributed by atoms with Crippen molar-refractivity contribution in [2.24, 2.45) is 0 Å². The molecule has 0 radical (unpaired) electrons. The van der Waals surface area contributed by atoms with Crippen molar-refractivity contribution in [3.8, 4) is 0 Å². The summed E-state index contributed by atoms with van der Waals surface area (Å²) in [5, 5.41) is 8.55. The van der Waals surface area contributed by atoms with Crippen LogP contribution in [0.2, 0.25) is 0 Å². The van der Waals surface area contributed by atoms with E-state index in [4.69, 9.17) is 5.11 Å². The molecule has 2 unspecified atom stereocenters. The average molecular weight is 233 g/mol. The smallest absolute Gasteiger partial charge is 0.323 e. The number of carboxylic acid groups (broad SMARTS) is 1. The van der Waals surface area contributed by atoms with E-state index in [1.807, 2.05) is 20.1 Å². The second-order valence-corrected chi connectivity index (χ2v) is 4.67. The van der Waals surface area contributed by atoms with Crippen molar-refractivity contribution in [3.63, 3.8) is 0 Å². The van der Waals surface area contributed by atoms with Gasteiger partial charge in [0.15, 0.2) is 0 Å². The first-order valence-electron chi connectivity index (χ1n) is 4.99. The molecule has 0 aromatic carbocycles. The highest BCUT2D eigenvalue weighted by atomic mass is 32.2. The van der Waals surface area contributed by atoms with Crippen molar-refractivity contribution in [2.45, 2.75) is 38.5 Å². The lowest BCUT2D eigenvalue weighted by atomic mass is 10.2. The van der Waals surface area contributed by atoms with Crippen molar-refractivity contribution < 1.29 is 14.7 Å². The minimum Gasteiger partial charge on any atom is -0.480 e. The Balaban J connectivity index is 4.61. The number of hydrogen-bond acceptors (Lipinski definition) is 3. The molecule has 1 N–H and O–H groups in total. The monoisotopic (exact) mass is 233 g/mol. The molecule has 0 saturated carbocycles. The zero-order valence-electron chi connectivity index (χ0n) is 9.69. The number of rotatable bonds is 6. The van der Waals surface area contributed by atoms with Crippen molar-refractivity contribution in [1.82, 2.24) is 4.90 Å². The predicted octanol–water partition coefficient (Wildman–Crippen LogP) is 1.45. The summed E-state index contributed by atoms with van der Waals surface area (Å²) in [4.78, 5) is 23.9. The molecular weight excluding hydrogens is 214 g/mol. The largest absolute Gasteiger partial charge is 0.480 e. The Kier molecular flexibility index (Phi) is 6.40. The van der Waals surface area contributed by atoms with Gasteiger partial charge < -0.3 is 10.0 Å². The molecular formula is C10H19NO3S. The minimum absolute atomic E-state index is 0.0248. The molecule has 0 spiro atoms. The van der Waals surface area contributed by atoms with Gasteiger partial charge in [-0.2, -0.15) is 11.8 Å². The summed E-state index contributed by atoms with van der Waals surface area (Å²) < 4.78 is 0. The van der Waals surface area contributed by atoms with Gasteiger partial charge in [0.25, 0.3) is 0 Å². The summed E-state index contributed by atoms with van der Waals surface area (Å²) in [7, 11) is 0. The van der Waals surface area contributed by atoms with Crippen LogP contribution >= 0.6 is 11.8 Å². The third kappa shape index (κ3) is 4.55. The molecule has 0 aliphatic heterocycles. The van der Waals surface area contributed by atoms with Gasteiger partial charge in [-0.15, -0.1) is 0 Å². The Labute approximate surface area is 95.0 Å². The molecule has 15 heavy (non-hydrogen) atoms. The second kappa shape index (κ2) is 6.71. The molecule has 0 rings (SSSR count). The van der Waals surface area contributed by atoms with E-state index in [-0.39, 0.29) is 23.7 Å². The third-order valence-corrected chi connectivity index (χ3v) is 3.32. The Morgan fingerprint density at radius 2 is 1.93 bits per heavy atom. The van der Waals surface area contributed by atoms with Crippen LogP contribution in [0.25, 0.3) is 0 Å². The molecule has 0 aromatic heterocycles. The minimum atomic E-state index is -0.961. The standard InChI is InChI=1S/C10H19NO3S/c1-5-7(2)11(6-9(12)13)10(14)8(3)15-4/h7-8H,5-6H2,1-4H3,(H,12,13). The molecule has 0 fully saturated rings. The van der Waals surface area contributed by atoms with Gasteiger partial charge in [0, 0.05) is 6.04 Å². The zero-order chi connectivity index (χ0) is 12.0. The Morgan fingerprint density at radius 3 is 2.27 bits per heavy atom. The molecule has 0 aliphatic carbocycles. The maximum Gasteiger partial charge on any atom is 0.323 e. The lowest BCUT2D eigenvalue weighted by Gasteiger charge is -2.28.